The van der Waals surface area contributed by atoms with Crippen molar-refractivity contribution in [1.82, 2.24) is 24.7 Å². The second-order valence-corrected chi connectivity index (χ2v) is 8.63. The van der Waals surface area contributed by atoms with Crippen LogP contribution < -0.4 is 0 Å². The van der Waals surface area contributed by atoms with E-state index in [1.807, 2.05) is 16.7 Å². The Morgan fingerprint density at radius 3 is 2.52 bits per heavy atom. The molecule has 0 aliphatic carbocycles. The molecule has 0 bridgehead atoms. The molecule has 1 aromatic heterocycles. The first-order chi connectivity index (χ1) is 13.0. The second kappa shape index (κ2) is 9.50. The van der Waals surface area contributed by atoms with Gasteiger partial charge in [0, 0.05) is 51.2 Å². The highest BCUT2D eigenvalue weighted by Crippen LogP contribution is 2.21. The molecule has 2 amide bonds. The van der Waals surface area contributed by atoms with Gasteiger partial charge in [0.1, 0.15) is 0 Å². The molecule has 148 valence electrons. The largest absolute Gasteiger partial charge is 0.339 e. The lowest BCUT2D eigenvalue weighted by Crippen LogP contribution is -2.54. The minimum Gasteiger partial charge on any atom is -0.339 e. The number of rotatable bonds is 5. The van der Waals surface area contributed by atoms with Crippen LogP contribution in [0.2, 0.25) is 0 Å². The smallest absolute Gasteiger partial charge is 0.236 e. The number of carbonyl (C=O) groups excluding carboxylic acids is 2. The Bertz CT molecular complexity index is 636. The zero-order valence-electron chi connectivity index (χ0n) is 16.2. The summed E-state index contributed by atoms with van der Waals surface area (Å²) >= 11 is 1.39. The maximum Gasteiger partial charge on any atom is 0.236 e. The summed E-state index contributed by atoms with van der Waals surface area (Å²) in [6, 6.07) is 2.12. The average molecular weight is 392 g/mol. The predicted octanol–water partition coefficient (Wildman–Crippen LogP) is 1.50. The first kappa shape index (κ1) is 20.1. The van der Waals surface area contributed by atoms with Crippen LogP contribution in [0.25, 0.3) is 0 Å². The van der Waals surface area contributed by atoms with Crippen molar-refractivity contribution in [2.75, 3.05) is 39.3 Å². The van der Waals surface area contributed by atoms with Gasteiger partial charge in [-0.1, -0.05) is 11.8 Å². The van der Waals surface area contributed by atoms with Crippen LogP contribution in [0.3, 0.4) is 0 Å². The molecule has 0 spiro atoms. The Morgan fingerprint density at radius 1 is 1.15 bits per heavy atom. The zero-order chi connectivity index (χ0) is 19.2. The number of piperazine rings is 1. The third-order valence-corrected chi connectivity index (χ3v) is 6.32. The SMILES string of the molecule is CC(Sc1ncccn1)C(=O)N1CCN(CC(=O)N2CCCCC2C)CC1. The molecule has 0 radical (unpaired) electrons. The average Bonchev–Trinajstić information content (AvgIpc) is 2.69. The molecule has 2 fully saturated rings. The fraction of sp³-hybridized carbons (Fsp3) is 0.684. The summed E-state index contributed by atoms with van der Waals surface area (Å²) in [5.41, 5.74) is 0. The van der Waals surface area contributed by atoms with Gasteiger partial charge < -0.3 is 9.80 Å². The van der Waals surface area contributed by atoms with Gasteiger partial charge in [-0.2, -0.15) is 0 Å². The number of nitrogens with zero attached hydrogens (tertiary/aromatic N) is 5. The van der Waals surface area contributed by atoms with E-state index in [1.165, 1.54) is 18.2 Å². The summed E-state index contributed by atoms with van der Waals surface area (Å²) in [5.74, 6) is 0.343. The first-order valence-electron chi connectivity index (χ1n) is 9.79. The van der Waals surface area contributed by atoms with Gasteiger partial charge in [0.05, 0.1) is 11.8 Å². The van der Waals surface area contributed by atoms with Gasteiger partial charge in [-0.05, 0) is 39.2 Å². The van der Waals surface area contributed by atoms with E-state index in [0.717, 1.165) is 32.5 Å². The molecule has 1 aromatic rings. The molecule has 0 N–H and O–H groups in total. The molecule has 0 aromatic carbocycles. The topological polar surface area (TPSA) is 69.6 Å². The maximum atomic E-state index is 12.7. The van der Waals surface area contributed by atoms with Crippen LogP contribution in [-0.4, -0.2) is 87.0 Å². The van der Waals surface area contributed by atoms with E-state index in [-0.39, 0.29) is 17.1 Å². The highest BCUT2D eigenvalue weighted by molar-refractivity contribution is 8.00. The van der Waals surface area contributed by atoms with E-state index < -0.39 is 0 Å². The Kier molecular flexibility index (Phi) is 7.07. The van der Waals surface area contributed by atoms with Crippen LogP contribution in [0.4, 0.5) is 0 Å². The molecule has 27 heavy (non-hydrogen) atoms. The van der Waals surface area contributed by atoms with Crippen LogP contribution in [0.15, 0.2) is 23.6 Å². The third-order valence-electron chi connectivity index (χ3n) is 5.34. The molecule has 8 heteroatoms. The van der Waals surface area contributed by atoms with E-state index in [0.29, 0.717) is 30.8 Å². The lowest BCUT2D eigenvalue weighted by Gasteiger charge is -2.38. The van der Waals surface area contributed by atoms with Gasteiger partial charge in [0.25, 0.3) is 0 Å². The van der Waals surface area contributed by atoms with Crippen LogP contribution >= 0.6 is 11.8 Å². The van der Waals surface area contributed by atoms with Crippen molar-refractivity contribution in [3.63, 3.8) is 0 Å². The standard InChI is InChI=1S/C19H29N5O2S/c1-15-6-3-4-9-24(15)17(25)14-22-10-12-23(13-11-22)18(26)16(2)27-19-20-7-5-8-21-19/h5,7-8,15-16H,3-4,6,9-14H2,1-2H3. The lowest BCUT2D eigenvalue weighted by molar-refractivity contribution is -0.137. The minimum absolute atomic E-state index is 0.114. The van der Waals surface area contributed by atoms with Crippen LogP contribution in [0, 0.1) is 0 Å². The van der Waals surface area contributed by atoms with Crippen LogP contribution in [0.1, 0.15) is 33.1 Å². The number of likely N-dealkylation sites (tertiary alicyclic amines) is 1. The van der Waals surface area contributed by atoms with Crippen molar-refractivity contribution < 1.29 is 9.59 Å². The summed E-state index contributed by atoms with van der Waals surface area (Å²) in [4.78, 5) is 39.7. The number of amides is 2. The summed E-state index contributed by atoms with van der Waals surface area (Å²) in [6.07, 6.45) is 6.81. The monoisotopic (exact) mass is 391 g/mol. The minimum atomic E-state index is -0.213. The van der Waals surface area contributed by atoms with Gasteiger partial charge in [-0.25, -0.2) is 9.97 Å². The van der Waals surface area contributed by atoms with Gasteiger partial charge in [0.15, 0.2) is 5.16 Å². The Labute approximate surface area is 165 Å². The van der Waals surface area contributed by atoms with E-state index in [4.69, 9.17) is 0 Å². The van der Waals surface area contributed by atoms with Gasteiger partial charge in [-0.15, -0.1) is 0 Å². The highest BCUT2D eigenvalue weighted by Gasteiger charge is 2.29. The zero-order valence-corrected chi connectivity index (χ0v) is 17.0. The van der Waals surface area contributed by atoms with Gasteiger partial charge in [-0.3, -0.25) is 14.5 Å². The quantitative estimate of drug-likeness (QED) is 0.560. The van der Waals surface area contributed by atoms with Crippen LogP contribution in [0.5, 0.6) is 0 Å². The number of hydrogen-bond donors (Lipinski definition) is 0. The highest BCUT2D eigenvalue weighted by atomic mass is 32.2. The second-order valence-electron chi connectivity index (χ2n) is 7.32. The molecule has 2 aliphatic heterocycles. The maximum absolute atomic E-state index is 12.7. The number of thioether (sulfide) groups is 1. The Hall–Kier alpha value is -1.67. The Morgan fingerprint density at radius 2 is 1.85 bits per heavy atom. The van der Waals surface area contributed by atoms with E-state index in [9.17, 15) is 9.59 Å². The van der Waals surface area contributed by atoms with Crippen molar-refractivity contribution in [3.05, 3.63) is 18.5 Å². The summed E-state index contributed by atoms with van der Waals surface area (Å²) in [6.45, 7) is 8.23. The molecule has 2 atom stereocenters. The summed E-state index contributed by atoms with van der Waals surface area (Å²) in [5, 5.41) is 0.410. The number of aromatic nitrogens is 2. The molecule has 2 saturated heterocycles. The van der Waals surface area contributed by atoms with Crippen molar-refractivity contribution in [2.24, 2.45) is 0 Å². The molecule has 7 nitrogen and oxygen atoms in total. The molecule has 2 aliphatic rings. The van der Waals surface area contributed by atoms with Crippen molar-refractivity contribution in [2.45, 2.75) is 49.6 Å². The lowest BCUT2D eigenvalue weighted by atomic mass is 10.0. The first-order valence-corrected chi connectivity index (χ1v) is 10.7. The van der Waals surface area contributed by atoms with E-state index in [1.54, 1.807) is 18.5 Å². The van der Waals surface area contributed by atoms with Crippen LogP contribution in [-0.2, 0) is 9.59 Å². The fourth-order valence-electron chi connectivity index (χ4n) is 3.69. The summed E-state index contributed by atoms with van der Waals surface area (Å²) in [7, 11) is 0. The number of hydrogen-bond acceptors (Lipinski definition) is 6. The molecule has 3 rings (SSSR count). The number of carbonyl (C=O) groups is 2. The fourth-order valence-corrected chi connectivity index (χ4v) is 4.50. The molecular weight excluding hydrogens is 362 g/mol. The molecule has 2 unspecified atom stereocenters. The summed E-state index contributed by atoms with van der Waals surface area (Å²) < 4.78 is 0. The third kappa shape index (κ3) is 5.42. The van der Waals surface area contributed by atoms with Gasteiger partial charge in [0.2, 0.25) is 11.8 Å². The predicted molar refractivity (Wildman–Crippen MR) is 105 cm³/mol. The molecule has 3 heterocycles. The van der Waals surface area contributed by atoms with Crippen molar-refractivity contribution >= 4 is 23.6 Å². The number of piperidine rings is 1. The van der Waals surface area contributed by atoms with Gasteiger partial charge >= 0.3 is 0 Å². The van der Waals surface area contributed by atoms with E-state index >= 15 is 0 Å². The molecule has 0 saturated carbocycles. The molecular formula is C19H29N5O2S. The normalized spacial score (nSPS) is 22.5. The van der Waals surface area contributed by atoms with Crippen molar-refractivity contribution in [1.29, 1.82) is 0 Å². The van der Waals surface area contributed by atoms with E-state index in [2.05, 4.69) is 21.8 Å². The van der Waals surface area contributed by atoms with Crippen molar-refractivity contribution in [3.8, 4) is 0 Å². The Balaban J connectivity index is 1.44.